The molecule has 0 atom stereocenters. The molecule has 0 saturated carbocycles. The van der Waals surface area contributed by atoms with E-state index in [1.54, 1.807) is 63.2 Å². The van der Waals surface area contributed by atoms with E-state index in [-0.39, 0.29) is 22.7 Å². The first-order chi connectivity index (χ1) is 20.6. The van der Waals surface area contributed by atoms with Gasteiger partial charge in [-0.15, -0.1) is 0 Å². The van der Waals surface area contributed by atoms with Crippen LogP contribution in [0.15, 0.2) is 83.9 Å². The Morgan fingerprint density at radius 3 is 2.18 bits per heavy atom. The zero-order valence-electron chi connectivity index (χ0n) is 23.8. The summed E-state index contributed by atoms with van der Waals surface area (Å²) >= 11 is 0. The van der Waals surface area contributed by atoms with E-state index in [1.165, 1.54) is 24.3 Å². The Kier molecular flexibility index (Phi) is 9.14. The van der Waals surface area contributed by atoms with Crippen LogP contribution in [0.1, 0.15) is 32.0 Å². The van der Waals surface area contributed by atoms with Gasteiger partial charge in [0, 0.05) is 23.9 Å². The summed E-state index contributed by atoms with van der Waals surface area (Å²) in [5, 5.41) is 8.49. The number of halogens is 4. The van der Waals surface area contributed by atoms with Gasteiger partial charge >= 0.3 is 18.3 Å². The van der Waals surface area contributed by atoms with Gasteiger partial charge < -0.3 is 15.4 Å². The molecule has 0 aliphatic carbocycles. The molecule has 4 rings (SSSR count). The van der Waals surface area contributed by atoms with Crippen molar-refractivity contribution in [2.24, 2.45) is 0 Å². The second-order valence-corrected chi connectivity index (χ2v) is 12.5. The van der Waals surface area contributed by atoms with Crippen LogP contribution < -0.4 is 10.6 Å². The minimum absolute atomic E-state index is 0.114. The molecule has 1 aromatic heterocycles. The fourth-order valence-corrected chi connectivity index (χ4v) is 5.08. The molecule has 0 unspecified atom stereocenters. The Bertz CT molecular complexity index is 1780. The van der Waals surface area contributed by atoms with E-state index in [0.29, 0.717) is 27.4 Å². The van der Waals surface area contributed by atoms with Crippen molar-refractivity contribution in [3.05, 3.63) is 90.3 Å². The summed E-state index contributed by atoms with van der Waals surface area (Å²) in [6, 6.07) is 15.2. The van der Waals surface area contributed by atoms with Gasteiger partial charge in [0.25, 0.3) is 0 Å². The number of aromatic nitrogens is 2. The second-order valence-electron chi connectivity index (χ2n) is 10.6. The van der Waals surface area contributed by atoms with Crippen molar-refractivity contribution in [3.63, 3.8) is 0 Å². The highest BCUT2D eigenvalue weighted by atomic mass is 32.2. The molecular formula is C30H28F4N4O5S. The molecule has 0 fully saturated rings. The molecule has 3 aromatic carbocycles. The van der Waals surface area contributed by atoms with E-state index in [9.17, 15) is 35.6 Å². The fourth-order valence-electron chi connectivity index (χ4n) is 4.15. The van der Waals surface area contributed by atoms with E-state index >= 15 is 0 Å². The number of carbonyl (C=O) groups excluding carboxylic acids is 2. The summed E-state index contributed by atoms with van der Waals surface area (Å²) in [6.07, 6.45) is -4.50. The number of rotatable bonds is 7. The summed E-state index contributed by atoms with van der Waals surface area (Å²) in [5.74, 6) is 0. The maximum absolute atomic E-state index is 13.4. The van der Waals surface area contributed by atoms with Crippen molar-refractivity contribution >= 4 is 27.6 Å². The molecule has 2 amide bonds. The van der Waals surface area contributed by atoms with Gasteiger partial charge in [-0.3, -0.25) is 0 Å². The fraction of sp³-hybridized carbons (Fsp3) is 0.233. The number of ether oxygens (including phenoxy) is 1. The topological polar surface area (TPSA) is 119 Å². The van der Waals surface area contributed by atoms with Crippen molar-refractivity contribution < 1.29 is 40.3 Å². The highest BCUT2D eigenvalue weighted by Gasteiger charge is 2.34. The SMILES string of the molecule is CC(C)(C)OC(=O)NCc1ccc(-c2ccc(-c3ccccc3S(=O)(=O)CF)cc2NC(=O)n2ccc(C(F)(F)F)n2)cc1. The molecule has 0 spiro atoms. The third kappa shape index (κ3) is 7.81. The van der Waals surface area contributed by atoms with Gasteiger partial charge in [-0.25, -0.2) is 22.4 Å². The van der Waals surface area contributed by atoms with Gasteiger partial charge in [-0.2, -0.15) is 23.0 Å². The van der Waals surface area contributed by atoms with E-state index in [4.69, 9.17) is 4.74 Å². The number of hydrogen-bond donors (Lipinski definition) is 2. The third-order valence-electron chi connectivity index (χ3n) is 6.13. The lowest BCUT2D eigenvalue weighted by Gasteiger charge is -2.19. The summed E-state index contributed by atoms with van der Waals surface area (Å²) in [6.45, 7) is 5.38. The number of benzene rings is 3. The lowest BCUT2D eigenvalue weighted by atomic mass is 9.97. The Morgan fingerprint density at radius 2 is 1.57 bits per heavy atom. The van der Waals surface area contributed by atoms with Gasteiger partial charge in [-0.1, -0.05) is 54.6 Å². The van der Waals surface area contributed by atoms with Crippen molar-refractivity contribution in [1.29, 1.82) is 0 Å². The predicted octanol–water partition coefficient (Wildman–Crippen LogP) is 7.04. The zero-order valence-corrected chi connectivity index (χ0v) is 24.6. The van der Waals surface area contributed by atoms with Crippen LogP contribution in [0.4, 0.5) is 32.8 Å². The van der Waals surface area contributed by atoms with Crippen LogP contribution in [0.25, 0.3) is 22.3 Å². The molecule has 0 aliphatic rings. The minimum Gasteiger partial charge on any atom is -0.444 e. The summed E-state index contributed by atoms with van der Waals surface area (Å²) in [7, 11) is -4.27. The van der Waals surface area contributed by atoms with Crippen molar-refractivity contribution in [2.75, 3.05) is 11.3 Å². The molecule has 232 valence electrons. The molecule has 0 aliphatic heterocycles. The van der Waals surface area contributed by atoms with E-state index in [0.717, 1.165) is 11.8 Å². The van der Waals surface area contributed by atoms with Gasteiger partial charge in [0.1, 0.15) is 5.60 Å². The Labute approximate surface area is 250 Å². The van der Waals surface area contributed by atoms with Crippen LogP contribution >= 0.6 is 0 Å². The maximum atomic E-state index is 13.4. The molecule has 2 N–H and O–H groups in total. The monoisotopic (exact) mass is 632 g/mol. The average molecular weight is 633 g/mol. The first-order valence-corrected chi connectivity index (χ1v) is 14.8. The molecule has 0 saturated heterocycles. The third-order valence-corrected chi connectivity index (χ3v) is 7.44. The molecule has 1 heterocycles. The van der Waals surface area contributed by atoms with Crippen molar-refractivity contribution in [1.82, 2.24) is 15.1 Å². The predicted molar refractivity (Wildman–Crippen MR) is 155 cm³/mol. The number of alkyl carbamates (subject to hydrolysis) is 1. The van der Waals surface area contributed by atoms with Crippen molar-refractivity contribution in [3.8, 4) is 22.3 Å². The van der Waals surface area contributed by atoms with Gasteiger partial charge in [0.2, 0.25) is 9.84 Å². The summed E-state index contributed by atoms with van der Waals surface area (Å²) in [4.78, 5) is 24.7. The molecule has 0 bridgehead atoms. The van der Waals surface area contributed by atoms with E-state index in [2.05, 4.69) is 15.7 Å². The Balaban J connectivity index is 1.70. The number of hydrogen-bond acceptors (Lipinski definition) is 6. The number of nitrogens with one attached hydrogen (secondary N) is 2. The first kappa shape index (κ1) is 32.2. The number of alkyl halides is 4. The summed E-state index contributed by atoms with van der Waals surface area (Å²) < 4.78 is 83.2. The Hall–Kier alpha value is -4.72. The summed E-state index contributed by atoms with van der Waals surface area (Å²) in [5.41, 5.74) is 0.383. The zero-order chi connectivity index (χ0) is 32.3. The number of anilines is 1. The smallest absolute Gasteiger partial charge is 0.435 e. The number of amides is 2. The Morgan fingerprint density at radius 1 is 0.909 bits per heavy atom. The van der Waals surface area contributed by atoms with E-state index in [1.807, 2.05) is 0 Å². The lowest BCUT2D eigenvalue weighted by Crippen LogP contribution is -2.32. The quantitative estimate of drug-likeness (QED) is 0.211. The highest BCUT2D eigenvalue weighted by molar-refractivity contribution is 7.91. The second kappa shape index (κ2) is 12.5. The van der Waals surface area contributed by atoms with Crippen LogP contribution in [0.5, 0.6) is 0 Å². The van der Waals surface area contributed by atoms with Crippen LogP contribution in [0.3, 0.4) is 0 Å². The van der Waals surface area contributed by atoms with Gasteiger partial charge in [-0.05, 0) is 55.7 Å². The van der Waals surface area contributed by atoms with Crippen LogP contribution in [-0.4, -0.2) is 41.9 Å². The molecule has 4 aromatic rings. The average Bonchev–Trinajstić information content (AvgIpc) is 3.47. The van der Waals surface area contributed by atoms with Gasteiger partial charge in [0.05, 0.1) is 10.6 Å². The van der Waals surface area contributed by atoms with Crippen LogP contribution in [0, 0.1) is 0 Å². The molecular weight excluding hydrogens is 604 g/mol. The normalized spacial score (nSPS) is 12.1. The molecule has 44 heavy (non-hydrogen) atoms. The number of sulfone groups is 1. The largest absolute Gasteiger partial charge is 0.444 e. The van der Waals surface area contributed by atoms with Crippen LogP contribution in [0.2, 0.25) is 0 Å². The molecule has 9 nitrogen and oxygen atoms in total. The number of nitrogens with zero attached hydrogens (tertiary/aromatic N) is 2. The highest BCUT2D eigenvalue weighted by Crippen LogP contribution is 2.36. The number of carbonyl (C=O) groups is 2. The molecule has 0 radical (unpaired) electrons. The molecule has 14 heteroatoms. The van der Waals surface area contributed by atoms with Crippen molar-refractivity contribution in [2.45, 2.75) is 44.0 Å². The maximum Gasteiger partial charge on any atom is 0.435 e. The lowest BCUT2D eigenvalue weighted by molar-refractivity contribution is -0.141. The first-order valence-electron chi connectivity index (χ1n) is 13.1. The van der Waals surface area contributed by atoms with E-state index < -0.39 is 45.4 Å². The van der Waals surface area contributed by atoms with Gasteiger partial charge in [0.15, 0.2) is 11.7 Å². The standard InChI is InChI=1S/C30H28F4N4O5S/c1-29(2,3)43-28(40)35-17-19-8-10-20(11-9-19)22-13-12-21(23-6-4-5-7-25(23)44(41,42)18-31)16-24(22)36-27(39)38-15-14-26(37-38)30(32,33)34/h4-16H,17-18H2,1-3H3,(H,35,40)(H,36,39). The van der Waals surface area contributed by atoms with Crippen LogP contribution in [-0.2, 0) is 27.3 Å². The minimum atomic E-state index is -4.76.